The Morgan fingerprint density at radius 3 is 1.72 bits per heavy atom. The molecule has 25 heavy (non-hydrogen) atoms. The molecule has 0 saturated carbocycles. The van der Waals surface area contributed by atoms with Crippen molar-refractivity contribution in [2.45, 2.75) is 6.54 Å². The van der Waals surface area contributed by atoms with Crippen LogP contribution in [0.1, 0.15) is 5.56 Å². The molecule has 1 aromatic heterocycles. The molecule has 2 aromatic rings. The van der Waals surface area contributed by atoms with Gasteiger partial charge in [-0.1, -0.05) is 30.3 Å². The number of methoxy groups -OCH3 is 2. The summed E-state index contributed by atoms with van der Waals surface area (Å²) in [6, 6.07) is 10.7. The highest BCUT2D eigenvalue weighted by Gasteiger charge is 2.26. The Kier molecular flexibility index (Phi) is 7.10. The number of benzene rings is 1. The van der Waals surface area contributed by atoms with Crippen molar-refractivity contribution < 1.29 is 26.7 Å². The Hall–Kier alpha value is -2.43. The number of aromatic nitrogens is 3. The zero-order chi connectivity index (χ0) is 19.1. The van der Waals surface area contributed by atoms with Crippen LogP contribution in [0.3, 0.4) is 0 Å². The molecule has 0 atom stereocenters. The summed E-state index contributed by atoms with van der Waals surface area (Å²) < 4.78 is 49.7. The lowest BCUT2D eigenvalue weighted by molar-refractivity contribution is 0.314. The number of nitrogens with zero attached hydrogens (tertiary/aromatic N) is 4. The first kappa shape index (κ1) is 20.6. The Morgan fingerprint density at radius 2 is 1.32 bits per heavy atom. The van der Waals surface area contributed by atoms with E-state index >= 15 is 0 Å². The van der Waals surface area contributed by atoms with E-state index in [0.717, 1.165) is 6.54 Å². The molecule has 0 aliphatic rings. The highest BCUT2D eigenvalue weighted by Crippen LogP contribution is 2.21. The van der Waals surface area contributed by atoms with Gasteiger partial charge in [0.25, 0.3) is 0 Å². The normalized spacial score (nSPS) is 11.4. The Labute approximate surface area is 143 Å². The van der Waals surface area contributed by atoms with E-state index in [4.69, 9.17) is 9.47 Å². The maximum Gasteiger partial charge on any atom is 0.673 e. The van der Waals surface area contributed by atoms with Crippen LogP contribution in [0.25, 0.3) is 0 Å². The van der Waals surface area contributed by atoms with Gasteiger partial charge in [0.15, 0.2) is 0 Å². The van der Waals surface area contributed by atoms with E-state index in [1.807, 2.05) is 32.3 Å². The van der Waals surface area contributed by atoms with E-state index in [1.165, 1.54) is 19.8 Å². The van der Waals surface area contributed by atoms with Crippen LogP contribution < -0.4 is 14.0 Å². The summed E-state index contributed by atoms with van der Waals surface area (Å²) in [7, 11) is 1.11. The molecule has 0 amide bonds. The van der Waals surface area contributed by atoms with Gasteiger partial charge in [-0.3, -0.25) is 4.48 Å². The second-order valence-corrected chi connectivity index (χ2v) is 5.43. The van der Waals surface area contributed by atoms with Crippen molar-refractivity contribution >= 4 is 13.2 Å². The molecule has 0 fully saturated rings. The third-order valence-electron chi connectivity index (χ3n) is 2.91. The third-order valence-corrected chi connectivity index (χ3v) is 2.91. The molecule has 1 aromatic carbocycles. The van der Waals surface area contributed by atoms with Gasteiger partial charge in [-0.05, 0) is 0 Å². The molecule has 138 valence electrons. The summed E-state index contributed by atoms with van der Waals surface area (Å²) in [6.45, 7) is 0.761. The first-order valence-electron chi connectivity index (χ1n) is 7.14. The summed E-state index contributed by atoms with van der Waals surface area (Å²) >= 11 is 0. The van der Waals surface area contributed by atoms with Gasteiger partial charge in [0.1, 0.15) is 6.54 Å². The minimum absolute atomic E-state index is 0.256. The number of rotatable bonds is 5. The summed E-state index contributed by atoms with van der Waals surface area (Å²) in [4.78, 5) is 12.6. The molecule has 0 spiro atoms. The Balaban J connectivity index is 0.000000550. The summed E-state index contributed by atoms with van der Waals surface area (Å²) in [6.07, 6.45) is 0. The van der Waals surface area contributed by atoms with Crippen molar-refractivity contribution in [3.63, 3.8) is 0 Å². The first-order chi connectivity index (χ1) is 11.5. The number of hydrogen-bond acceptors (Lipinski definition) is 5. The molecule has 0 N–H and O–H groups in total. The van der Waals surface area contributed by atoms with Gasteiger partial charge in [0.2, 0.25) is 0 Å². The quantitative estimate of drug-likeness (QED) is 0.465. The van der Waals surface area contributed by atoms with Crippen LogP contribution >= 0.6 is 0 Å². The molecular weight excluding hydrogens is 343 g/mol. The number of quaternary nitrogens is 1. The van der Waals surface area contributed by atoms with E-state index in [0.29, 0.717) is 10.4 Å². The van der Waals surface area contributed by atoms with E-state index < -0.39 is 7.25 Å². The van der Waals surface area contributed by atoms with Gasteiger partial charge in [0, 0.05) is 5.56 Å². The lowest BCUT2D eigenvalue weighted by atomic mass is 10.2. The molecular formula is C14H19BF4N4O2. The highest BCUT2D eigenvalue weighted by molar-refractivity contribution is 6.50. The molecule has 2 rings (SSSR count). The number of hydrogen-bond donors (Lipinski definition) is 0. The summed E-state index contributed by atoms with van der Waals surface area (Å²) in [5, 5.41) is 0. The fourth-order valence-corrected chi connectivity index (χ4v) is 1.89. The zero-order valence-electron chi connectivity index (χ0n) is 14.3. The van der Waals surface area contributed by atoms with Crippen molar-refractivity contribution in [1.29, 1.82) is 0 Å². The number of halogens is 4. The van der Waals surface area contributed by atoms with Crippen LogP contribution in [-0.2, 0) is 6.54 Å². The lowest BCUT2D eigenvalue weighted by Crippen LogP contribution is -2.41. The molecule has 1 heterocycles. The Morgan fingerprint density at radius 1 is 0.880 bits per heavy atom. The smallest absolute Gasteiger partial charge is 0.466 e. The third kappa shape index (κ3) is 7.79. The van der Waals surface area contributed by atoms with Gasteiger partial charge < -0.3 is 26.7 Å². The van der Waals surface area contributed by atoms with Gasteiger partial charge >= 0.3 is 25.2 Å². The fraction of sp³-hybridized carbons (Fsp3) is 0.357. The topological polar surface area (TPSA) is 57.1 Å². The Bertz CT molecular complexity index is 643. The molecule has 0 aliphatic heterocycles. The molecule has 0 bridgehead atoms. The predicted molar refractivity (Wildman–Crippen MR) is 86.9 cm³/mol. The number of ether oxygens (including phenoxy) is 2. The van der Waals surface area contributed by atoms with Crippen LogP contribution in [0.2, 0.25) is 0 Å². The molecule has 0 aliphatic carbocycles. The van der Waals surface area contributed by atoms with Crippen LogP contribution in [0, 0.1) is 0 Å². The van der Waals surface area contributed by atoms with Crippen LogP contribution in [0.4, 0.5) is 23.2 Å². The van der Waals surface area contributed by atoms with E-state index in [1.54, 1.807) is 0 Å². The fourth-order valence-electron chi connectivity index (χ4n) is 1.89. The van der Waals surface area contributed by atoms with Crippen molar-refractivity contribution in [2.24, 2.45) is 0 Å². The van der Waals surface area contributed by atoms with Gasteiger partial charge in [-0.25, -0.2) is 0 Å². The zero-order valence-corrected chi connectivity index (χ0v) is 14.3. The molecule has 11 heteroatoms. The van der Waals surface area contributed by atoms with Crippen molar-refractivity contribution in [3.8, 4) is 12.0 Å². The molecule has 6 nitrogen and oxygen atoms in total. The average molecular weight is 362 g/mol. The molecule has 0 saturated heterocycles. The SMILES string of the molecule is COc1nc(OC)nc([N+](C)(C)Cc2ccccc2)n1.F[B-](F)(F)F. The van der Waals surface area contributed by atoms with Crippen LogP contribution in [0.15, 0.2) is 30.3 Å². The summed E-state index contributed by atoms with van der Waals surface area (Å²) in [5.41, 5.74) is 1.20. The lowest BCUT2D eigenvalue weighted by Gasteiger charge is -2.26. The minimum atomic E-state index is -6.00. The van der Waals surface area contributed by atoms with Gasteiger partial charge in [0.05, 0.1) is 28.3 Å². The maximum atomic E-state index is 9.75. The van der Waals surface area contributed by atoms with Crippen molar-refractivity contribution in [1.82, 2.24) is 19.4 Å². The minimum Gasteiger partial charge on any atom is -0.466 e. The van der Waals surface area contributed by atoms with E-state index in [9.17, 15) is 17.3 Å². The van der Waals surface area contributed by atoms with Crippen molar-refractivity contribution in [3.05, 3.63) is 35.9 Å². The highest BCUT2D eigenvalue weighted by atomic mass is 19.5. The second kappa shape index (κ2) is 8.61. The first-order valence-corrected chi connectivity index (χ1v) is 7.14. The van der Waals surface area contributed by atoms with Gasteiger partial charge in [-0.15, -0.1) is 15.0 Å². The molecule has 0 unspecified atom stereocenters. The van der Waals surface area contributed by atoms with E-state index in [2.05, 4.69) is 27.1 Å². The monoisotopic (exact) mass is 362 g/mol. The maximum absolute atomic E-state index is 9.75. The largest absolute Gasteiger partial charge is 0.673 e. The summed E-state index contributed by atoms with van der Waals surface area (Å²) in [5.74, 6) is 0.595. The van der Waals surface area contributed by atoms with E-state index in [-0.39, 0.29) is 12.0 Å². The van der Waals surface area contributed by atoms with Crippen LogP contribution in [0.5, 0.6) is 12.0 Å². The van der Waals surface area contributed by atoms with Crippen molar-refractivity contribution in [2.75, 3.05) is 28.3 Å². The second-order valence-electron chi connectivity index (χ2n) is 5.43. The average Bonchev–Trinajstić information content (AvgIpc) is 2.53. The predicted octanol–water partition coefficient (Wildman–Crippen LogP) is 2.96. The standard InChI is InChI=1S/C14H19N4O2.BF4/c1-18(2,10-11-8-6-5-7-9-11)12-15-13(19-3)17-14(16-12)20-4;2-1(3,4)5/h5-9H,10H2,1-4H3;/q+1;-1. The van der Waals surface area contributed by atoms with Crippen LogP contribution in [-0.4, -0.2) is 50.5 Å². The molecule has 0 radical (unpaired) electrons. The van der Waals surface area contributed by atoms with Gasteiger partial charge in [-0.2, -0.15) is 0 Å².